The van der Waals surface area contributed by atoms with Crippen LogP contribution in [0.2, 0.25) is 0 Å². The molecule has 1 N–H and O–H groups in total. The van der Waals surface area contributed by atoms with Crippen molar-refractivity contribution in [2.75, 3.05) is 33.7 Å². The van der Waals surface area contributed by atoms with Crippen LogP contribution in [0.4, 0.5) is 0 Å². The number of hydrogen-bond donors (Lipinski definition) is 1. The molecule has 0 amide bonds. The third kappa shape index (κ3) is 4.30. The Bertz CT molecular complexity index is 404. The molecule has 2 atom stereocenters. The molecule has 0 bridgehead atoms. The fourth-order valence-corrected chi connectivity index (χ4v) is 2.96. The third-order valence-electron chi connectivity index (χ3n) is 4.44. The quantitative estimate of drug-likeness (QED) is 0.864. The maximum Gasteiger partial charge on any atom is 0.0802 e. The Labute approximate surface area is 123 Å². The van der Waals surface area contributed by atoms with Crippen LogP contribution in [0.25, 0.3) is 0 Å². The van der Waals surface area contributed by atoms with Crippen molar-refractivity contribution in [3.63, 3.8) is 0 Å². The molecule has 0 aliphatic carbocycles. The summed E-state index contributed by atoms with van der Waals surface area (Å²) in [5.74, 6) is 0. The van der Waals surface area contributed by atoms with E-state index >= 15 is 0 Å². The van der Waals surface area contributed by atoms with Crippen molar-refractivity contribution in [2.24, 2.45) is 0 Å². The molecule has 2 unspecified atom stereocenters. The highest BCUT2D eigenvalue weighted by Crippen LogP contribution is 2.19. The lowest BCUT2D eigenvalue weighted by atomic mass is 10.0. The maximum atomic E-state index is 10.2. The number of nitrogens with zero attached hydrogens (tertiary/aromatic N) is 2. The number of likely N-dealkylation sites (tertiary alicyclic amines) is 1. The highest BCUT2D eigenvalue weighted by Gasteiger charge is 2.22. The standard InChI is InChI=1S/C17H28N2O/c1-14-6-8-15(9-7-14)17(20)10-12-18(2)13-16-5-4-11-19(16)3/h6-9,16-17,20H,4-5,10-13H2,1-3H3. The van der Waals surface area contributed by atoms with E-state index in [1.165, 1.54) is 24.9 Å². The molecule has 1 saturated heterocycles. The highest BCUT2D eigenvalue weighted by molar-refractivity contribution is 5.22. The van der Waals surface area contributed by atoms with Crippen molar-refractivity contribution in [3.05, 3.63) is 35.4 Å². The van der Waals surface area contributed by atoms with E-state index in [4.69, 9.17) is 0 Å². The summed E-state index contributed by atoms with van der Waals surface area (Å²) in [6, 6.07) is 8.89. The monoisotopic (exact) mass is 276 g/mol. The second-order valence-electron chi connectivity index (χ2n) is 6.25. The number of hydrogen-bond acceptors (Lipinski definition) is 3. The molecule has 1 aromatic carbocycles. The van der Waals surface area contributed by atoms with Gasteiger partial charge in [0.15, 0.2) is 0 Å². The van der Waals surface area contributed by atoms with Crippen molar-refractivity contribution >= 4 is 0 Å². The van der Waals surface area contributed by atoms with E-state index in [0.717, 1.165) is 25.1 Å². The van der Waals surface area contributed by atoms with Crippen LogP contribution in [0.15, 0.2) is 24.3 Å². The van der Waals surface area contributed by atoms with Crippen molar-refractivity contribution in [1.82, 2.24) is 9.80 Å². The van der Waals surface area contributed by atoms with Crippen LogP contribution in [-0.4, -0.2) is 54.7 Å². The number of aliphatic hydroxyl groups is 1. The molecule has 1 aromatic rings. The van der Waals surface area contributed by atoms with E-state index in [1.807, 2.05) is 12.1 Å². The summed E-state index contributed by atoms with van der Waals surface area (Å²) in [7, 11) is 4.38. The van der Waals surface area contributed by atoms with Gasteiger partial charge in [-0.15, -0.1) is 0 Å². The Balaban J connectivity index is 1.75. The topological polar surface area (TPSA) is 26.7 Å². The lowest BCUT2D eigenvalue weighted by Gasteiger charge is -2.26. The molecule has 112 valence electrons. The van der Waals surface area contributed by atoms with E-state index in [0.29, 0.717) is 6.04 Å². The van der Waals surface area contributed by atoms with Gasteiger partial charge in [0, 0.05) is 19.1 Å². The van der Waals surface area contributed by atoms with Crippen LogP contribution in [0, 0.1) is 6.92 Å². The molecule has 20 heavy (non-hydrogen) atoms. The highest BCUT2D eigenvalue weighted by atomic mass is 16.3. The molecule has 0 saturated carbocycles. The second kappa shape index (κ2) is 7.21. The zero-order chi connectivity index (χ0) is 14.5. The van der Waals surface area contributed by atoms with E-state index < -0.39 is 0 Å². The molecular weight excluding hydrogens is 248 g/mol. The van der Waals surface area contributed by atoms with Crippen molar-refractivity contribution < 1.29 is 5.11 Å². The number of likely N-dealkylation sites (N-methyl/N-ethyl adjacent to an activating group) is 2. The zero-order valence-electron chi connectivity index (χ0n) is 13.0. The van der Waals surface area contributed by atoms with Gasteiger partial charge >= 0.3 is 0 Å². The molecule has 1 heterocycles. The molecule has 0 aromatic heterocycles. The molecule has 1 aliphatic rings. The molecule has 3 heteroatoms. The SMILES string of the molecule is Cc1ccc(C(O)CCN(C)CC2CCCN2C)cc1. The first-order valence-corrected chi connectivity index (χ1v) is 7.69. The molecule has 1 fully saturated rings. The van der Waals surface area contributed by atoms with Crippen molar-refractivity contribution in [2.45, 2.75) is 38.3 Å². The normalized spacial score (nSPS) is 21.6. The predicted octanol–water partition coefficient (Wildman–Crippen LogP) is 2.44. The van der Waals surface area contributed by atoms with E-state index in [1.54, 1.807) is 0 Å². The van der Waals surface area contributed by atoms with Crippen LogP contribution < -0.4 is 0 Å². The van der Waals surface area contributed by atoms with Gasteiger partial charge in [0.25, 0.3) is 0 Å². The van der Waals surface area contributed by atoms with Gasteiger partial charge in [0.05, 0.1) is 6.10 Å². The number of benzene rings is 1. The average Bonchev–Trinajstić information content (AvgIpc) is 2.82. The smallest absolute Gasteiger partial charge is 0.0802 e. The summed E-state index contributed by atoms with van der Waals surface area (Å²) in [5, 5.41) is 10.2. The Kier molecular flexibility index (Phi) is 5.58. The number of rotatable bonds is 6. The largest absolute Gasteiger partial charge is 0.388 e. The lowest BCUT2D eigenvalue weighted by molar-refractivity contribution is 0.140. The van der Waals surface area contributed by atoms with Gasteiger partial charge in [0.1, 0.15) is 0 Å². The first-order chi connectivity index (χ1) is 9.56. The van der Waals surface area contributed by atoms with Gasteiger partial charge in [-0.3, -0.25) is 0 Å². The molecule has 1 aliphatic heterocycles. The van der Waals surface area contributed by atoms with Gasteiger partial charge in [-0.25, -0.2) is 0 Å². The molecule has 0 radical (unpaired) electrons. The van der Waals surface area contributed by atoms with Crippen LogP contribution in [0.5, 0.6) is 0 Å². The first kappa shape index (κ1) is 15.5. The van der Waals surface area contributed by atoms with Crippen molar-refractivity contribution in [3.8, 4) is 0 Å². The Morgan fingerprint density at radius 2 is 2.05 bits per heavy atom. The van der Waals surface area contributed by atoms with E-state index in [2.05, 4.69) is 43.0 Å². The Morgan fingerprint density at radius 1 is 1.35 bits per heavy atom. The molecule has 0 spiro atoms. The van der Waals surface area contributed by atoms with Crippen LogP contribution in [-0.2, 0) is 0 Å². The van der Waals surface area contributed by atoms with E-state index in [9.17, 15) is 5.11 Å². The average molecular weight is 276 g/mol. The fourth-order valence-electron chi connectivity index (χ4n) is 2.96. The minimum atomic E-state index is -0.348. The van der Waals surface area contributed by atoms with Crippen LogP contribution in [0.1, 0.15) is 36.5 Å². The minimum absolute atomic E-state index is 0.348. The Hall–Kier alpha value is -0.900. The van der Waals surface area contributed by atoms with Gasteiger partial charge in [-0.2, -0.15) is 0 Å². The van der Waals surface area contributed by atoms with Gasteiger partial charge in [-0.05, 0) is 52.4 Å². The molecule has 2 rings (SSSR count). The first-order valence-electron chi connectivity index (χ1n) is 7.69. The summed E-state index contributed by atoms with van der Waals surface area (Å²) < 4.78 is 0. The minimum Gasteiger partial charge on any atom is -0.388 e. The van der Waals surface area contributed by atoms with Gasteiger partial charge < -0.3 is 14.9 Å². The fraction of sp³-hybridized carbons (Fsp3) is 0.647. The summed E-state index contributed by atoms with van der Waals surface area (Å²) in [4.78, 5) is 4.80. The summed E-state index contributed by atoms with van der Waals surface area (Å²) in [6.07, 6.45) is 3.08. The zero-order valence-corrected chi connectivity index (χ0v) is 13.0. The summed E-state index contributed by atoms with van der Waals surface area (Å²) >= 11 is 0. The van der Waals surface area contributed by atoms with E-state index in [-0.39, 0.29) is 6.10 Å². The van der Waals surface area contributed by atoms with Crippen molar-refractivity contribution in [1.29, 1.82) is 0 Å². The van der Waals surface area contributed by atoms with Crippen LogP contribution in [0.3, 0.4) is 0 Å². The summed E-state index contributed by atoms with van der Waals surface area (Å²) in [5.41, 5.74) is 2.27. The molecule has 3 nitrogen and oxygen atoms in total. The predicted molar refractivity (Wildman–Crippen MR) is 83.9 cm³/mol. The lowest BCUT2D eigenvalue weighted by Crippen LogP contribution is -2.37. The van der Waals surface area contributed by atoms with Gasteiger partial charge in [-0.1, -0.05) is 29.8 Å². The number of aliphatic hydroxyl groups excluding tert-OH is 1. The molecular formula is C17H28N2O. The second-order valence-corrected chi connectivity index (χ2v) is 6.25. The van der Waals surface area contributed by atoms with Gasteiger partial charge in [0.2, 0.25) is 0 Å². The van der Waals surface area contributed by atoms with Crippen LogP contribution >= 0.6 is 0 Å². The maximum absolute atomic E-state index is 10.2. The third-order valence-corrected chi connectivity index (χ3v) is 4.44. The number of aryl methyl sites for hydroxylation is 1. The Morgan fingerprint density at radius 3 is 2.65 bits per heavy atom. The summed E-state index contributed by atoms with van der Waals surface area (Å²) in [6.45, 7) is 5.35.